The van der Waals surface area contributed by atoms with Crippen molar-refractivity contribution in [2.75, 3.05) is 18.6 Å². The summed E-state index contributed by atoms with van der Waals surface area (Å²) in [6, 6.07) is 16.4. The van der Waals surface area contributed by atoms with Crippen molar-refractivity contribution in [3.63, 3.8) is 0 Å². The normalized spacial score (nSPS) is 17.2. The first kappa shape index (κ1) is 24.0. The lowest BCUT2D eigenvalue weighted by molar-refractivity contribution is -0.132. The zero-order valence-corrected chi connectivity index (χ0v) is 20.2. The fraction of sp³-hybridized carbons (Fsp3) is 0.250. The van der Waals surface area contributed by atoms with Gasteiger partial charge >= 0.3 is 0 Å². The number of hydrogen-bond donors (Lipinski definition) is 1. The molecule has 7 nitrogen and oxygen atoms in total. The highest BCUT2D eigenvalue weighted by molar-refractivity contribution is 6.51. The Morgan fingerprint density at radius 1 is 1.09 bits per heavy atom. The third kappa shape index (κ3) is 4.75. The van der Waals surface area contributed by atoms with Gasteiger partial charge in [-0.15, -0.1) is 0 Å². The lowest BCUT2D eigenvalue weighted by Crippen LogP contribution is -2.29. The smallest absolute Gasteiger partial charge is 0.300 e. The molecule has 1 unspecified atom stereocenters. The fourth-order valence-corrected chi connectivity index (χ4v) is 4.05. The van der Waals surface area contributed by atoms with Crippen LogP contribution in [0.3, 0.4) is 0 Å². The zero-order chi connectivity index (χ0) is 25.1. The van der Waals surface area contributed by atoms with Crippen LogP contribution in [0.1, 0.15) is 36.7 Å². The van der Waals surface area contributed by atoms with Crippen LogP contribution in [0.25, 0.3) is 5.76 Å². The summed E-state index contributed by atoms with van der Waals surface area (Å²) in [4.78, 5) is 32.3. The van der Waals surface area contributed by atoms with Crippen LogP contribution in [-0.2, 0) is 9.59 Å². The lowest BCUT2D eigenvalue weighted by Gasteiger charge is -2.25. The molecule has 4 rings (SSSR count). The van der Waals surface area contributed by atoms with Crippen LogP contribution in [0, 0.1) is 12.8 Å². The molecule has 1 aliphatic rings. The first-order valence-corrected chi connectivity index (χ1v) is 11.4. The first-order valence-electron chi connectivity index (χ1n) is 11.4. The number of methoxy groups -OCH3 is 1. The monoisotopic (exact) mass is 472 g/mol. The SMILES string of the molecule is COc1cccc(N2C(=O)C(=O)/C(=C(/O)c3ccc(OCC(C)C)c(C)c3)C2c2ccccn2)c1. The fourth-order valence-electron chi connectivity index (χ4n) is 4.05. The van der Waals surface area contributed by atoms with Gasteiger partial charge < -0.3 is 14.6 Å². The summed E-state index contributed by atoms with van der Waals surface area (Å²) < 4.78 is 11.1. The molecule has 0 radical (unpaired) electrons. The van der Waals surface area contributed by atoms with E-state index in [9.17, 15) is 14.7 Å². The number of ketones is 1. The van der Waals surface area contributed by atoms with Gasteiger partial charge in [-0.3, -0.25) is 19.5 Å². The highest BCUT2D eigenvalue weighted by Gasteiger charge is 2.47. The van der Waals surface area contributed by atoms with E-state index >= 15 is 0 Å². The van der Waals surface area contributed by atoms with E-state index in [0.29, 0.717) is 41.0 Å². The average Bonchev–Trinajstić information content (AvgIpc) is 3.13. The minimum atomic E-state index is -0.902. The molecule has 1 fully saturated rings. The Morgan fingerprint density at radius 2 is 1.89 bits per heavy atom. The lowest BCUT2D eigenvalue weighted by atomic mass is 9.97. The molecule has 1 N–H and O–H groups in total. The Bertz CT molecular complexity index is 1280. The van der Waals surface area contributed by atoms with E-state index < -0.39 is 17.7 Å². The van der Waals surface area contributed by atoms with E-state index in [4.69, 9.17) is 9.47 Å². The Labute approximate surface area is 204 Å². The van der Waals surface area contributed by atoms with Crippen molar-refractivity contribution in [1.29, 1.82) is 0 Å². The molecule has 0 saturated carbocycles. The molecule has 0 spiro atoms. The zero-order valence-electron chi connectivity index (χ0n) is 20.2. The van der Waals surface area contributed by atoms with E-state index in [1.165, 1.54) is 12.0 Å². The predicted molar refractivity (Wildman–Crippen MR) is 134 cm³/mol. The van der Waals surface area contributed by atoms with Gasteiger partial charge in [0.25, 0.3) is 11.7 Å². The molecule has 1 amide bonds. The number of Topliss-reactive ketones (excluding diaryl/α,β-unsaturated/α-hetero) is 1. The molecule has 2 heterocycles. The maximum absolute atomic E-state index is 13.3. The Hall–Kier alpha value is -4.13. The number of aliphatic hydroxyl groups excluding tert-OH is 1. The number of anilines is 1. The molecule has 0 aliphatic carbocycles. The van der Waals surface area contributed by atoms with Crippen LogP contribution in [0.15, 0.2) is 72.4 Å². The quantitative estimate of drug-likeness (QED) is 0.294. The van der Waals surface area contributed by atoms with Crippen molar-refractivity contribution in [1.82, 2.24) is 4.98 Å². The number of aromatic nitrogens is 1. The van der Waals surface area contributed by atoms with Gasteiger partial charge in [0.15, 0.2) is 0 Å². The van der Waals surface area contributed by atoms with Crippen LogP contribution in [0.5, 0.6) is 11.5 Å². The average molecular weight is 473 g/mol. The Balaban J connectivity index is 1.84. The highest BCUT2D eigenvalue weighted by Crippen LogP contribution is 2.42. The maximum atomic E-state index is 13.3. The number of carbonyl (C=O) groups is 2. The van der Waals surface area contributed by atoms with Crippen molar-refractivity contribution in [3.05, 3.63) is 89.3 Å². The summed E-state index contributed by atoms with van der Waals surface area (Å²) in [6.45, 7) is 6.57. The minimum Gasteiger partial charge on any atom is -0.507 e. The number of ether oxygens (including phenoxy) is 2. The van der Waals surface area contributed by atoms with E-state index in [1.807, 2.05) is 6.92 Å². The summed E-state index contributed by atoms with van der Waals surface area (Å²) in [5, 5.41) is 11.3. The number of aliphatic hydroxyl groups is 1. The van der Waals surface area contributed by atoms with Gasteiger partial charge in [-0.05, 0) is 60.9 Å². The summed E-state index contributed by atoms with van der Waals surface area (Å²) in [5.74, 6) is -0.177. The molecule has 1 saturated heterocycles. The summed E-state index contributed by atoms with van der Waals surface area (Å²) in [7, 11) is 1.53. The van der Waals surface area contributed by atoms with Crippen molar-refractivity contribution < 1.29 is 24.2 Å². The molecule has 180 valence electrons. The van der Waals surface area contributed by atoms with Gasteiger partial charge in [0.1, 0.15) is 23.3 Å². The molecular weight excluding hydrogens is 444 g/mol. The number of hydrogen-bond acceptors (Lipinski definition) is 6. The number of carbonyl (C=O) groups excluding carboxylic acids is 2. The van der Waals surface area contributed by atoms with E-state index in [0.717, 1.165) is 5.56 Å². The van der Waals surface area contributed by atoms with Crippen molar-refractivity contribution in [2.24, 2.45) is 5.92 Å². The number of pyridine rings is 1. The first-order chi connectivity index (χ1) is 16.8. The highest BCUT2D eigenvalue weighted by atomic mass is 16.5. The number of aryl methyl sites for hydroxylation is 1. The van der Waals surface area contributed by atoms with Crippen LogP contribution in [0.4, 0.5) is 5.69 Å². The van der Waals surface area contributed by atoms with E-state index in [-0.39, 0.29) is 11.3 Å². The van der Waals surface area contributed by atoms with Crippen molar-refractivity contribution in [3.8, 4) is 11.5 Å². The maximum Gasteiger partial charge on any atom is 0.300 e. The van der Waals surface area contributed by atoms with Gasteiger partial charge in [0.2, 0.25) is 0 Å². The molecular formula is C28H28N2O5. The number of amides is 1. The summed E-state index contributed by atoms with van der Waals surface area (Å²) >= 11 is 0. The molecule has 7 heteroatoms. The van der Waals surface area contributed by atoms with Gasteiger partial charge in [-0.2, -0.15) is 0 Å². The van der Waals surface area contributed by atoms with Crippen LogP contribution in [0.2, 0.25) is 0 Å². The Kier molecular flexibility index (Phi) is 6.87. The molecule has 2 aromatic carbocycles. The number of benzene rings is 2. The van der Waals surface area contributed by atoms with Crippen LogP contribution >= 0.6 is 0 Å². The predicted octanol–water partition coefficient (Wildman–Crippen LogP) is 5.06. The molecule has 1 atom stereocenters. The number of nitrogens with zero attached hydrogens (tertiary/aromatic N) is 2. The molecule has 1 aliphatic heterocycles. The molecule has 0 bridgehead atoms. The standard InChI is InChI=1S/C28H28N2O5/c1-17(2)16-35-23-12-11-19(14-18(23)3)26(31)24-25(22-10-5-6-13-29-22)30(28(33)27(24)32)20-8-7-9-21(15-20)34-4/h5-15,17,25,31H,16H2,1-4H3/b26-24+. The van der Waals surface area contributed by atoms with Crippen molar-refractivity contribution in [2.45, 2.75) is 26.8 Å². The topological polar surface area (TPSA) is 89.0 Å². The molecule has 35 heavy (non-hydrogen) atoms. The van der Waals surface area contributed by atoms with Crippen LogP contribution < -0.4 is 14.4 Å². The third-order valence-corrected chi connectivity index (χ3v) is 5.76. The second-order valence-corrected chi connectivity index (χ2v) is 8.81. The summed E-state index contributed by atoms with van der Waals surface area (Å²) in [5.41, 5.74) is 2.14. The van der Waals surface area contributed by atoms with Gasteiger partial charge in [0.05, 0.1) is 25.0 Å². The largest absolute Gasteiger partial charge is 0.507 e. The van der Waals surface area contributed by atoms with E-state index in [1.54, 1.807) is 66.9 Å². The van der Waals surface area contributed by atoms with Crippen LogP contribution in [-0.4, -0.2) is 35.5 Å². The van der Waals surface area contributed by atoms with Crippen molar-refractivity contribution >= 4 is 23.1 Å². The second kappa shape index (κ2) is 10.0. The molecule has 1 aromatic heterocycles. The minimum absolute atomic E-state index is 0.0215. The van der Waals surface area contributed by atoms with Gasteiger partial charge in [-0.1, -0.05) is 26.0 Å². The van der Waals surface area contributed by atoms with Gasteiger partial charge in [0, 0.05) is 23.5 Å². The molecule has 3 aromatic rings. The summed E-state index contributed by atoms with van der Waals surface area (Å²) in [6.07, 6.45) is 1.59. The third-order valence-electron chi connectivity index (χ3n) is 5.76. The Morgan fingerprint density at radius 3 is 2.54 bits per heavy atom. The number of rotatable bonds is 7. The van der Waals surface area contributed by atoms with Gasteiger partial charge in [-0.25, -0.2) is 0 Å². The van der Waals surface area contributed by atoms with E-state index in [2.05, 4.69) is 18.8 Å². The second-order valence-electron chi connectivity index (χ2n) is 8.81.